The molecule has 2 heterocycles. The zero-order valence-electron chi connectivity index (χ0n) is 11.3. The van der Waals surface area contributed by atoms with Crippen LogP contribution in [0, 0.1) is 0 Å². The Hall–Kier alpha value is -2.01. The molecule has 1 aliphatic heterocycles. The number of rotatable bonds is 3. The van der Waals surface area contributed by atoms with Crippen LogP contribution in [-0.2, 0) is 17.8 Å². The van der Waals surface area contributed by atoms with Crippen molar-refractivity contribution in [2.24, 2.45) is 0 Å². The average molecular weight is 287 g/mol. The third kappa shape index (κ3) is 2.49. The predicted molar refractivity (Wildman–Crippen MR) is 84.2 cm³/mol. The highest BCUT2D eigenvalue weighted by atomic mass is 32.1. The van der Waals surface area contributed by atoms with Crippen molar-refractivity contribution in [3.05, 3.63) is 40.1 Å². The van der Waals surface area contributed by atoms with Crippen molar-refractivity contribution >= 4 is 34.3 Å². The van der Waals surface area contributed by atoms with Gasteiger partial charge in [-0.25, -0.2) is 0 Å². The molecule has 20 heavy (non-hydrogen) atoms. The Labute approximate surface area is 122 Å². The summed E-state index contributed by atoms with van der Waals surface area (Å²) in [6.45, 7) is 0.840. The van der Waals surface area contributed by atoms with E-state index < -0.39 is 0 Å². The fraction of sp³-hybridized carbons (Fsp3) is 0.267. The van der Waals surface area contributed by atoms with Gasteiger partial charge in [0.1, 0.15) is 0 Å². The van der Waals surface area contributed by atoms with Crippen LogP contribution in [-0.4, -0.2) is 13.0 Å². The molecule has 3 rings (SSSR count). The molecule has 0 saturated carbocycles. The number of amides is 1. The van der Waals surface area contributed by atoms with E-state index in [0.29, 0.717) is 12.1 Å². The summed E-state index contributed by atoms with van der Waals surface area (Å²) in [5, 5.41) is 4.96. The van der Waals surface area contributed by atoms with Crippen LogP contribution in [0.15, 0.2) is 29.6 Å². The standard InChI is InChI=1S/C15H17N3OS/c1-18(9-11-3-2-6-20-11)14-7-10-4-5-15(19)17-13(10)8-12(14)16/h2-3,6-8H,4-5,9,16H2,1H3,(H,17,19). The van der Waals surface area contributed by atoms with E-state index in [2.05, 4.69) is 33.8 Å². The number of carbonyl (C=O) groups is 1. The summed E-state index contributed by atoms with van der Waals surface area (Å²) >= 11 is 1.74. The van der Waals surface area contributed by atoms with Crippen LogP contribution in [0.5, 0.6) is 0 Å². The van der Waals surface area contributed by atoms with Gasteiger partial charge in [0.05, 0.1) is 17.9 Å². The zero-order chi connectivity index (χ0) is 14.1. The summed E-state index contributed by atoms with van der Waals surface area (Å²) in [4.78, 5) is 14.9. The highest BCUT2D eigenvalue weighted by molar-refractivity contribution is 7.09. The molecule has 1 amide bonds. The number of hydrogen-bond donors (Lipinski definition) is 2. The first-order chi connectivity index (χ1) is 9.63. The minimum Gasteiger partial charge on any atom is -0.397 e. The summed E-state index contributed by atoms with van der Waals surface area (Å²) in [6.07, 6.45) is 1.33. The molecule has 2 aromatic rings. The maximum Gasteiger partial charge on any atom is 0.224 e. The molecule has 5 heteroatoms. The summed E-state index contributed by atoms with van der Waals surface area (Å²) in [7, 11) is 2.04. The molecule has 0 radical (unpaired) electrons. The van der Waals surface area contributed by atoms with E-state index in [1.165, 1.54) is 4.88 Å². The van der Waals surface area contributed by atoms with Gasteiger partial charge < -0.3 is 16.0 Å². The molecule has 4 nitrogen and oxygen atoms in total. The topological polar surface area (TPSA) is 58.4 Å². The second-order valence-corrected chi connectivity index (χ2v) is 6.08. The Morgan fingerprint density at radius 3 is 3.00 bits per heavy atom. The molecule has 0 bridgehead atoms. The highest BCUT2D eigenvalue weighted by Crippen LogP contribution is 2.33. The predicted octanol–water partition coefficient (Wildman–Crippen LogP) is 2.85. The maximum absolute atomic E-state index is 11.4. The quantitative estimate of drug-likeness (QED) is 0.853. The first kappa shape index (κ1) is 13.0. The summed E-state index contributed by atoms with van der Waals surface area (Å²) in [6, 6.07) is 8.14. The van der Waals surface area contributed by atoms with Crippen molar-refractivity contribution < 1.29 is 4.79 Å². The van der Waals surface area contributed by atoms with Crippen LogP contribution in [0.1, 0.15) is 16.9 Å². The lowest BCUT2D eigenvalue weighted by molar-refractivity contribution is -0.116. The second kappa shape index (κ2) is 5.17. The second-order valence-electron chi connectivity index (χ2n) is 5.05. The van der Waals surface area contributed by atoms with E-state index in [1.54, 1.807) is 11.3 Å². The molecule has 1 aromatic heterocycles. The van der Waals surface area contributed by atoms with Crippen molar-refractivity contribution in [2.45, 2.75) is 19.4 Å². The van der Waals surface area contributed by atoms with E-state index in [0.717, 1.165) is 29.9 Å². The molecule has 1 aromatic carbocycles. The van der Waals surface area contributed by atoms with Gasteiger partial charge in [0, 0.05) is 24.0 Å². The number of benzene rings is 1. The SMILES string of the molecule is CN(Cc1cccs1)c1cc2c(cc1N)NC(=O)CC2. The van der Waals surface area contributed by atoms with E-state index >= 15 is 0 Å². The summed E-state index contributed by atoms with van der Waals surface area (Å²) < 4.78 is 0. The molecular formula is C15H17N3OS. The van der Waals surface area contributed by atoms with Crippen LogP contribution in [0.2, 0.25) is 0 Å². The first-order valence-corrected chi connectivity index (χ1v) is 7.47. The van der Waals surface area contributed by atoms with Gasteiger partial charge >= 0.3 is 0 Å². The summed E-state index contributed by atoms with van der Waals surface area (Å²) in [5.74, 6) is 0.0663. The Bertz CT molecular complexity index is 637. The minimum absolute atomic E-state index is 0.0663. The maximum atomic E-state index is 11.4. The minimum atomic E-state index is 0.0663. The number of hydrogen-bond acceptors (Lipinski definition) is 4. The molecular weight excluding hydrogens is 270 g/mol. The lowest BCUT2D eigenvalue weighted by atomic mass is 10.0. The first-order valence-electron chi connectivity index (χ1n) is 6.59. The fourth-order valence-electron chi connectivity index (χ4n) is 2.48. The van der Waals surface area contributed by atoms with Crippen LogP contribution >= 0.6 is 11.3 Å². The molecule has 0 fully saturated rings. The normalized spacial score (nSPS) is 13.8. The molecule has 0 saturated heterocycles. The number of nitrogens with two attached hydrogens (primary N) is 1. The lowest BCUT2D eigenvalue weighted by Crippen LogP contribution is -2.21. The Balaban J connectivity index is 1.88. The van der Waals surface area contributed by atoms with Gasteiger partial charge in [0.15, 0.2) is 0 Å². The van der Waals surface area contributed by atoms with Gasteiger partial charge in [-0.3, -0.25) is 4.79 Å². The molecule has 0 unspecified atom stereocenters. The van der Waals surface area contributed by atoms with Crippen molar-refractivity contribution in [3.63, 3.8) is 0 Å². The van der Waals surface area contributed by atoms with Gasteiger partial charge in [-0.1, -0.05) is 6.07 Å². The van der Waals surface area contributed by atoms with E-state index in [4.69, 9.17) is 5.73 Å². The smallest absolute Gasteiger partial charge is 0.224 e. The molecule has 1 aliphatic rings. The van der Waals surface area contributed by atoms with Crippen molar-refractivity contribution in [1.82, 2.24) is 0 Å². The van der Waals surface area contributed by atoms with Gasteiger partial charge in [0.25, 0.3) is 0 Å². The van der Waals surface area contributed by atoms with Gasteiger partial charge in [-0.05, 0) is 35.6 Å². The van der Waals surface area contributed by atoms with E-state index in [9.17, 15) is 4.79 Å². The Morgan fingerprint density at radius 1 is 1.40 bits per heavy atom. The van der Waals surface area contributed by atoms with Crippen molar-refractivity contribution in [3.8, 4) is 0 Å². The van der Waals surface area contributed by atoms with Crippen LogP contribution in [0.25, 0.3) is 0 Å². The Kier molecular flexibility index (Phi) is 3.36. The van der Waals surface area contributed by atoms with Crippen molar-refractivity contribution in [1.29, 1.82) is 0 Å². The molecule has 0 atom stereocenters. The van der Waals surface area contributed by atoms with E-state index in [-0.39, 0.29) is 5.91 Å². The number of nitrogens with zero attached hydrogens (tertiary/aromatic N) is 1. The number of carbonyl (C=O) groups excluding carboxylic acids is 1. The monoisotopic (exact) mass is 287 g/mol. The number of fused-ring (bicyclic) bond motifs is 1. The fourth-order valence-corrected chi connectivity index (χ4v) is 3.24. The average Bonchev–Trinajstić information content (AvgIpc) is 2.90. The largest absolute Gasteiger partial charge is 0.397 e. The van der Waals surface area contributed by atoms with Gasteiger partial charge in [-0.15, -0.1) is 11.3 Å². The van der Waals surface area contributed by atoms with E-state index in [1.807, 2.05) is 13.1 Å². The van der Waals surface area contributed by atoms with Crippen molar-refractivity contribution in [2.75, 3.05) is 23.0 Å². The van der Waals surface area contributed by atoms with Crippen LogP contribution in [0.3, 0.4) is 0 Å². The third-order valence-electron chi connectivity index (χ3n) is 3.53. The molecule has 0 aliphatic carbocycles. The molecule has 0 spiro atoms. The number of nitrogen functional groups attached to an aromatic ring is 1. The Morgan fingerprint density at radius 2 is 2.25 bits per heavy atom. The zero-order valence-corrected chi connectivity index (χ0v) is 12.2. The number of aryl methyl sites for hydroxylation is 1. The molecule has 3 N–H and O–H groups in total. The molecule has 104 valence electrons. The summed E-state index contributed by atoms with van der Waals surface area (Å²) in [5.41, 5.74) is 9.86. The highest BCUT2D eigenvalue weighted by Gasteiger charge is 2.18. The number of thiophene rings is 1. The van der Waals surface area contributed by atoms with Gasteiger partial charge in [-0.2, -0.15) is 0 Å². The number of nitrogens with one attached hydrogen (secondary N) is 1. The van der Waals surface area contributed by atoms with Gasteiger partial charge in [0.2, 0.25) is 5.91 Å². The van der Waals surface area contributed by atoms with Crippen LogP contribution in [0.4, 0.5) is 17.1 Å². The van der Waals surface area contributed by atoms with Crippen LogP contribution < -0.4 is 16.0 Å². The number of anilines is 3. The third-order valence-corrected chi connectivity index (χ3v) is 4.39. The lowest BCUT2D eigenvalue weighted by Gasteiger charge is -2.24.